The molecule has 0 bridgehead atoms. The number of esters is 1. The molecular weight excluding hydrogens is 317 g/mol. The summed E-state index contributed by atoms with van der Waals surface area (Å²) in [5.41, 5.74) is -0.418. The van der Waals surface area contributed by atoms with Crippen molar-refractivity contribution in [2.45, 2.75) is 58.0 Å². The summed E-state index contributed by atoms with van der Waals surface area (Å²) in [5.74, 6) is -0.529. The van der Waals surface area contributed by atoms with Crippen LogP contribution in [0.4, 0.5) is 13.2 Å². The lowest BCUT2D eigenvalue weighted by atomic mass is 10.1. The van der Waals surface area contributed by atoms with Gasteiger partial charge in [0.25, 0.3) is 0 Å². The Morgan fingerprint density at radius 1 is 1.08 bits per heavy atom. The maximum atomic E-state index is 12.6. The van der Waals surface area contributed by atoms with Gasteiger partial charge in [-0.1, -0.05) is 57.6 Å². The number of ether oxygens (including phenoxy) is 1. The molecule has 0 spiro atoms. The van der Waals surface area contributed by atoms with E-state index in [4.69, 9.17) is 4.74 Å². The molecule has 0 aliphatic rings. The number of carbonyl (C=O) groups is 1. The average molecular weight is 342 g/mol. The number of rotatable bonds is 10. The first-order chi connectivity index (χ1) is 11.4. The van der Waals surface area contributed by atoms with Crippen molar-refractivity contribution in [1.29, 1.82) is 0 Å². The summed E-state index contributed by atoms with van der Waals surface area (Å²) in [5, 5.41) is 0. The third-order valence-corrected chi connectivity index (χ3v) is 3.62. The Morgan fingerprint density at radius 2 is 1.75 bits per heavy atom. The minimum atomic E-state index is -4.39. The number of halogens is 3. The van der Waals surface area contributed by atoms with E-state index in [9.17, 15) is 18.0 Å². The van der Waals surface area contributed by atoms with E-state index in [1.807, 2.05) is 0 Å². The fraction of sp³-hybridized carbons (Fsp3) is 0.526. The van der Waals surface area contributed by atoms with Crippen LogP contribution in [0.2, 0.25) is 0 Å². The van der Waals surface area contributed by atoms with Crippen LogP contribution in [0.1, 0.15) is 63.0 Å². The van der Waals surface area contributed by atoms with E-state index in [0.29, 0.717) is 12.2 Å². The molecule has 134 valence electrons. The highest BCUT2D eigenvalue weighted by molar-refractivity contribution is 5.87. The predicted octanol–water partition coefficient (Wildman–Crippen LogP) is 6.01. The van der Waals surface area contributed by atoms with Crippen molar-refractivity contribution in [1.82, 2.24) is 0 Å². The number of hydrogen-bond donors (Lipinski definition) is 0. The molecule has 0 aromatic heterocycles. The lowest BCUT2D eigenvalue weighted by Gasteiger charge is -2.06. The molecule has 0 fully saturated rings. The molecule has 0 heterocycles. The van der Waals surface area contributed by atoms with Crippen LogP contribution in [-0.4, -0.2) is 12.6 Å². The molecule has 0 amide bonds. The average Bonchev–Trinajstić information content (AvgIpc) is 2.55. The van der Waals surface area contributed by atoms with E-state index in [-0.39, 0.29) is 0 Å². The van der Waals surface area contributed by atoms with Gasteiger partial charge in [-0.25, -0.2) is 4.79 Å². The zero-order chi connectivity index (χ0) is 17.8. The summed E-state index contributed by atoms with van der Waals surface area (Å²) in [6.45, 7) is 2.52. The second kappa shape index (κ2) is 10.9. The van der Waals surface area contributed by atoms with E-state index in [2.05, 4.69) is 6.92 Å². The fourth-order valence-electron chi connectivity index (χ4n) is 2.26. The molecule has 0 unspecified atom stereocenters. The maximum absolute atomic E-state index is 12.6. The van der Waals surface area contributed by atoms with Crippen LogP contribution in [0.25, 0.3) is 6.08 Å². The molecule has 0 aliphatic heterocycles. The first-order valence-corrected chi connectivity index (χ1v) is 8.45. The molecule has 2 nitrogen and oxygen atoms in total. The zero-order valence-corrected chi connectivity index (χ0v) is 14.1. The lowest BCUT2D eigenvalue weighted by Crippen LogP contribution is -2.04. The van der Waals surface area contributed by atoms with E-state index in [0.717, 1.165) is 37.5 Å². The summed E-state index contributed by atoms with van der Waals surface area (Å²) in [4.78, 5) is 11.5. The summed E-state index contributed by atoms with van der Waals surface area (Å²) in [6.07, 6.45) is 6.01. The third-order valence-electron chi connectivity index (χ3n) is 3.62. The topological polar surface area (TPSA) is 26.3 Å². The highest BCUT2D eigenvalue weighted by Gasteiger charge is 2.30. The molecule has 0 N–H and O–H groups in total. The van der Waals surface area contributed by atoms with E-state index >= 15 is 0 Å². The van der Waals surface area contributed by atoms with Crippen LogP contribution in [0, 0.1) is 0 Å². The number of unbranched alkanes of at least 4 members (excludes halogenated alkanes) is 6. The van der Waals surface area contributed by atoms with Crippen molar-refractivity contribution in [2.75, 3.05) is 6.61 Å². The Balaban J connectivity index is 2.26. The largest absolute Gasteiger partial charge is 0.463 e. The van der Waals surface area contributed by atoms with Crippen LogP contribution in [0.5, 0.6) is 0 Å². The Morgan fingerprint density at radius 3 is 2.42 bits per heavy atom. The van der Waals surface area contributed by atoms with Crippen molar-refractivity contribution in [2.24, 2.45) is 0 Å². The Bertz CT molecular complexity index is 522. The van der Waals surface area contributed by atoms with Gasteiger partial charge >= 0.3 is 12.1 Å². The first-order valence-electron chi connectivity index (χ1n) is 8.45. The van der Waals surface area contributed by atoms with Gasteiger partial charge in [0.15, 0.2) is 0 Å². The minimum absolute atomic E-state index is 0.317. The number of alkyl halides is 3. The summed E-state index contributed by atoms with van der Waals surface area (Å²) in [7, 11) is 0. The van der Waals surface area contributed by atoms with Crippen molar-refractivity contribution in [3.8, 4) is 0 Å². The van der Waals surface area contributed by atoms with Gasteiger partial charge in [-0.2, -0.15) is 13.2 Å². The highest BCUT2D eigenvalue weighted by Crippen LogP contribution is 2.29. The van der Waals surface area contributed by atoms with Crippen molar-refractivity contribution in [3.63, 3.8) is 0 Å². The normalized spacial score (nSPS) is 11.8. The minimum Gasteiger partial charge on any atom is -0.463 e. The van der Waals surface area contributed by atoms with E-state index in [1.54, 1.807) is 0 Å². The summed E-state index contributed by atoms with van der Waals surface area (Å²) < 4.78 is 42.8. The standard InChI is InChI=1S/C19H25F3O2/c1-2-3-4-5-6-7-8-14-24-18(23)13-12-16-10-9-11-17(15-16)19(20,21)22/h9-13,15H,2-8,14H2,1H3/b13-12+. The monoisotopic (exact) mass is 342 g/mol. The van der Waals surface area contributed by atoms with Gasteiger partial charge in [-0.15, -0.1) is 0 Å². The molecule has 1 aromatic carbocycles. The van der Waals surface area contributed by atoms with Crippen LogP contribution in [0.3, 0.4) is 0 Å². The molecule has 0 aliphatic carbocycles. The zero-order valence-electron chi connectivity index (χ0n) is 14.1. The quantitative estimate of drug-likeness (QED) is 0.295. The second-order valence-corrected chi connectivity index (χ2v) is 5.75. The van der Waals surface area contributed by atoms with Crippen molar-refractivity contribution in [3.05, 3.63) is 41.5 Å². The van der Waals surface area contributed by atoms with Gasteiger partial charge in [0, 0.05) is 6.08 Å². The molecule has 5 heteroatoms. The van der Waals surface area contributed by atoms with Gasteiger partial charge in [-0.05, 0) is 30.2 Å². The van der Waals surface area contributed by atoms with Crippen LogP contribution < -0.4 is 0 Å². The molecule has 0 radical (unpaired) electrons. The SMILES string of the molecule is CCCCCCCCCOC(=O)/C=C/c1cccc(C(F)(F)F)c1. The molecule has 1 rings (SSSR count). The van der Waals surface area contributed by atoms with Gasteiger partial charge < -0.3 is 4.74 Å². The number of hydrogen-bond acceptors (Lipinski definition) is 2. The van der Waals surface area contributed by atoms with E-state index < -0.39 is 17.7 Å². The van der Waals surface area contributed by atoms with Crippen LogP contribution >= 0.6 is 0 Å². The predicted molar refractivity (Wildman–Crippen MR) is 89.4 cm³/mol. The fourth-order valence-corrected chi connectivity index (χ4v) is 2.26. The van der Waals surface area contributed by atoms with Crippen LogP contribution in [-0.2, 0) is 15.7 Å². The van der Waals surface area contributed by atoms with Crippen molar-refractivity contribution < 1.29 is 22.7 Å². The highest BCUT2D eigenvalue weighted by atomic mass is 19.4. The van der Waals surface area contributed by atoms with E-state index in [1.165, 1.54) is 43.9 Å². The number of carbonyl (C=O) groups excluding carboxylic acids is 1. The lowest BCUT2D eigenvalue weighted by molar-refractivity contribution is -0.138. The molecular formula is C19H25F3O2. The van der Waals surface area contributed by atoms with Crippen molar-refractivity contribution >= 4 is 12.0 Å². The Kier molecular flexibility index (Phi) is 9.20. The second-order valence-electron chi connectivity index (χ2n) is 5.75. The summed E-state index contributed by atoms with van der Waals surface area (Å²) >= 11 is 0. The number of benzene rings is 1. The molecule has 0 atom stereocenters. The first kappa shape index (κ1) is 20.3. The third kappa shape index (κ3) is 8.75. The molecule has 0 saturated heterocycles. The summed E-state index contributed by atoms with van der Waals surface area (Å²) in [6, 6.07) is 4.82. The molecule has 24 heavy (non-hydrogen) atoms. The van der Waals surface area contributed by atoms with Gasteiger partial charge in [-0.3, -0.25) is 0 Å². The van der Waals surface area contributed by atoms with Gasteiger partial charge in [0.1, 0.15) is 0 Å². The Hall–Kier alpha value is -1.78. The maximum Gasteiger partial charge on any atom is 0.416 e. The molecule has 0 saturated carbocycles. The smallest absolute Gasteiger partial charge is 0.416 e. The van der Waals surface area contributed by atoms with Crippen LogP contribution in [0.15, 0.2) is 30.3 Å². The van der Waals surface area contributed by atoms with Gasteiger partial charge in [0.05, 0.1) is 12.2 Å². The van der Waals surface area contributed by atoms with Gasteiger partial charge in [0.2, 0.25) is 0 Å². The molecule has 1 aromatic rings. The Labute approximate surface area is 141 Å².